The average molecular weight is 294 g/mol. The van der Waals surface area contributed by atoms with Crippen molar-refractivity contribution in [1.29, 1.82) is 5.26 Å². The molecule has 0 radical (unpaired) electrons. The van der Waals surface area contributed by atoms with Crippen LogP contribution in [0.3, 0.4) is 0 Å². The lowest BCUT2D eigenvalue weighted by Crippen LogP contribution is -2.04. The molecule has 22 heavy (non-hydrogen) atoms. The molecule has 6 heteroatoms. The maximum Gasteiger partial charge on any atom is 0.186 e. The van der Waals surface area contributed by atoms with E-state index in [9.17, 15) is 14.8 Å². The Bertz CT molecular complexity index is 832. The third-order valence-electron chi connectivity index (χ3n) is 3.25. The minimum absolute atomic E-state index is 0.143. The first-order valence-corrected chi connectivity index (χ1v) is 6.56. The monoisotopic (exact) mass is 294 g/mol. The fraction of sp³-hybridized carbons (Fsp3) is 0.0625. The molecule has 0 bridgehead atoms. The van der Waals surface area contributed by atoms with Gasteiger partial charge in [-0.15, -0.1) is 5.10 Å². The van der Waals surface area contributed by atoms with Gasteiger partial charge in [-0.05, 0) is 42.0 Å². The minimum atomic E-state index is -0.311. The molecule has 1 aromatic heterocycles. The Labute approximate surface area is 125 Å². The van der Waals surface area contributed by atoms with E-state index < -0.39 is 0 Å². The molecule has 0 saturated heterocycles. The van der Waals surface area contributed by atoms with Gasteiger partial charge in [-0.3, -0.25) is 0 Å². The molecular formula is C16H11FN4O. The summed E-state index contributed by atoms with van der Waals surface area (Å²) in [5.74, 6) is -0.168. The van der Waals surface area contributed by atoms with Crippen molar-refractivity contribution in [3.8, 4) is 17.5 Å². The van der Waals surface area contributed by atoms with Crippen LogP contribution in [0.1, 0.15) is 17.0 Å². The number of nitrogens with zero attached hydrogens (tertiary/aromatic N) is 4. The summed E-state index contributed by atoms with van der Waals surface area (Å²) in [6.07, 6.45) is 0.400. The first kappa shape index (κ1) is 13.8. The average Bonchev–Trinajstić information content (AvgIpc) is 2.93. The van der Waals surface area contributed by atoms with Crippen LogP contribution < -0.4 is 0 Å². The summed E-state index contributed by atoms with van der Waals surface area (Å²) in [5, 5.41) is 26.4. The van der Waals surface area contributed by atoms with Gasteiger partial charge < -0.3 is 5.11 Å². The number of aromatic hydroxyl groups is 1. The Morgan fingerprint density at radius 1 is 1.09 bits per heavy atom. The Morgan fingerprint density at radius 3 is 2.41 bits per heavy atom. The van der Waals surface area contributed by atoms with Gasteiger partial charge in [-0.25, -0.2) is 9.07 Å². The standard InChI is InChI=1S/C16H11FN4O/c17-12-3-1-11(2-4-12)9-16-15(10-18)19-20-21(16)13-5-7-14(22)8-6-13/h1-8,22H,9H2. The van der Waals surface area contributed by atoms with E-state index >= 15 is 0 Å². The molecule has 3 rings (SSSR count). The Kier molecular flexibility index (Phi) is 3.54. The quantitative estimate of drug-likeness (QED) is 0.805. The van der Waals surface area contributed by atoms with Crippen molar-refractivity contribution < 1.29 is 9.50 Å². The molecule has 0 aliphatic rings. The molecule has 1 N–H and O–H groups in total. The topological polar surface area (TPSA) is 74.7 Å². The second-order valence-electron chi connectivity index (χ2n) is 4.73. The SMILES string of the molecule is N#Cc1nnn(-c2ccc(O)cc2)c1Cc1ccc(F)cc1. The molecule has 0 amide bonds. The smallest absolute Gasteiger partial charge is 0.186 e. The van der Waals surface area contributed by atoms with Gasteiger partial charge in [0, 0.05) is 6.42 Å². The van der Waals surface area contributed by atoms with E-state index in [1.54, 1.807) is 28.9 Å². The molecular weight excluding hydrogens is 283 g/mol. The second-order valence-corrected chi connectivity index (χ2v) is 4.73. The van der Waals surface area contributed by atoms with Gasteiger partial charge in [0.15, 0.2) is 5.69 Å². The molecule has 1 heterocycles. The zero-order valence-electron chi connectivity index (χ0n) is 11.4. The molecule has 3 aromatic rings. The maximum absolute atomic E-state index is 13.0. The van der Waals surface area contributed by atoms with Crippen LogP contribution in [0.4, 0.5) is 4.39 Å². The Hall–Kier alpha value is -3.20. The summed E-state index contributed by atoms with van der Waals surface area (Å²) >= 11 is 0. The van der Waals surface area contributed by atoms with E-state index in [0.717, 1.165) is 5.56 Å². The number of rotatable bonds is 3. The molecule has 108 valence electrons. The number of aromatic nitrogens is 3. The fourth-order valence-electron chi connectivity index (χ4n) is 2.14. The van der Waals surface area contributed by atoms with Crippen molar-refractivity contribution in [2.75, 3.05) is 0 Å². The first-order valence-electron chi connectivity index (χ1n) is 6.56. The van der Waals surface area contributed by atoms with E-state index in [0.29, 0.717) is 17.8 Å². The largest absolute Gasteiger partial charge is 0.508 e. The second kappa shape index (κ2) is 5.66. The molecule has 2 aromatic carbocycles. The van der Waals surface area contributed by atoms with Crippen molar-refractivity contribution in [1.82, 2.24) is 15.0 Å². The van der Waals surface area contributed by atoms with Crippen LogP contribution in [0.2, 0.25) is 0 Å². The summed E-state index contributed by atoms with van der Waals surface area (Å²) in [5.41, 5.74) is 2.36. The highest BCUT2D eigenvalue weighted by Crippen LogP contribution is 2.19. The van der Waals surface area contributed by atoms with Crippen LogP contribution in [0.15, 0.2) is 48.5 Å². The minimum Gasteiger partial charge on any atom is -0.508 e. The van der Waals surface area contributed by atoms with Crippen LogP contribution in [0.25, 0.3) is 5.69 Å². The van der Waals surface area contributed by atoms with Crippen LogP contribution >= 0.6 is 0 Å². The van der Waals surface area contributed by atoms with Gasteiger partial charge in [-0.2, -0.15) is 5.26 Å². The third-order valence-corrected chi connectivity index (χ3v) is 3.25. The molecule has 0 aliphatic heterocycles. The summed E-state index contributed by atoms with van der Waals surface area (Å²) in [4.78, 5) is 0. The molecule has 0 unspecified atom stereocenters. The maximum atomic E-state index is 13.0. The highest BCUT2D eigenvalue weighted by Gasteiger charge is 2.14. The zero-order chi connectivity index (χ0) is 15.5. The van der Waals surface area contributed by atoms with Crippen LogP contribution in [0, 0.1) is 17.1 Å². The zero-order valence-corrected chi connectivity index (χ0v) is 11.4. The molecule has 0 fully saturated rings. The van der Waals surface area contributed by atoms with Gasteiger partial charge in [0.25, 0.3) is 0 Å². The van der Waals surface area contributed by atoms with Crippen LogP contribution in [-0.2, 0) is 6.42 Å². The summed E-state index contributed by atoms with van der Waals surface area (Å²) in [7, 11) is 0. The summed E-state index contributed by atoms with van der Waals surface area (Å²) in [6, 6.07) is 14.5. The molecule has 5 nitrogen and oxygen atoms in total. The number of phenolic OH excluding ortho intramolecular Hbond substituents is 1. The van der Waals surface area contributed by atoms with Crippen molar-refractivity contribution >= 4 is 0 Å². The molecule has 0 spiro atoms. The van der Waals surface area contributed by atoms with E-state index in [4.69, 9.17) is 0 Å². The lowest BCUT2D eigenvalue weighted by molar-refractivity contribution is 0.475. The first-order chi connectivity index (χ1) is 10.7. The van der Waals surface area contributed by atoms with Gasteiger partial charge in [0.1, 0.15) is 17.6 Å². The van der Waals surface area contributed by atoms with Crippen molar-refractivity contribution in [2.24, 2.45) is 0 Å². The molecule has 0 saturated carbocycles. The van der Waals surface area contributed by atoms with Gasteiger partial charge >= 0.3 is 0 Å². The highest BCUT2D eigenvalue weighted by molar-refractivity contribution is 5.41. The van der Waals surface area contributed by atoms with E-state index in [-0.39, 0.29) is 17.3 Å². The van der Waals surface area contributed by atoms with Crippen LogP contribution in [-0.4, -0.2) is 20.1 Å². The lowest BCUT2D eigenvalue weighted by atomic mass is 10.1. The van der Waals surface area contributed by atoms with Crippen molar-refractivity contribution in [3.05, 3.63) is 71.3 Å². The lowest BCUT2D eigenvalue weighted by Gasteiger charge is -2.07. The Balaban J connectivity index is 2.02. The number of hydrogen-bond acceptors (Lipinski definition) is 4. The van der Waals surface area contributed by atoms with E-state index in [1.807, 2.05) is 6.07 Å². The predicted octanol–water partition coefficient (Wildman–Crippen LogP) is 2.57. The number of nitriles is 1. The normalized spacial score (nSPS) is 10.4. The summed E-state index contributed by atoms with van der Waals surface area (Å²) < 4.78 is 14.5. The number of phenols is 1. The highest BCUT2D eigenvalue weighted by atomic mass is 19.1. The third kappa shape index (κ3) is 2.65. The molecule has 0 atom stereocenters. The van der Waals surface area contributed by atoms with Crippen molar-refractivity contribution in [3.63, 3.8) is 0 Å². The van der Waals surface area contributed by atoms with E-state index in [1.165, 1.54) is 24.3 Å². The van der Waals surface area contributed by atoms with Gasteiger partial charge in [0.2, 0.25) is 0 Å². The van der Waals surface area contributed by atoms with E-state index in [2.05, 4.69) is 10.3 Å². The van der Waals surface area contributed by atoms with Gasteiger partial charge in [0.05, 0.1) is 11.4 Å². The predicted molar refractivity (Wildman–Crippen MR) is 76.9 cm³/mol. The van der Waals surface area contributed by atoms with Gasteiger partial charge in [-0.1, -0.05) is 17.3 Å². The van der Waals surface area contributed by atoms with Crippen molar-refractivity contribution in [2.45, 2.75) is 6.42 Å². The Morgan fingerprint density at radius 2 is 1.77 bits per heavy atom. The fourth-order valence-corrected chi connectivity index (χ4v) is 2.14. The molecule has 0 aliphatic carbocycles. The number of benzene rings is 2. The number of hydrogen-bond donors (Lipinski definition) is 1. The number of halogens is 1. The van der Waals surface area contributed by atoms with Crippen LogP contribution in [0.5, 0.6) is 5.75 Å². The summed E-state index contributed by atoms with van der Waals surface area (Å²) in [6.45, 7) is 0.